The summed E-state index contributed by atoms with van der Waals surface area (Å²) in [6, 6.07) is 14.0. The number of aryl methyl sites for hydroxylation is 2. The van der Waals surface area contributed by atoms with E-state index in [1.807, 2.05) is 0 Å². The third kappa shape index (κ3) is 3.96. The van der Waals surface area contributed by atoms with E-state index >= 15 is 0 Å². The average Bonchev–Trinajstić information content (AvgIpc) is 3.10. The first-order chi connectivity index (χ1) is 11.5. The molecule has 2 aromatic carbocycles. The Morgan fingerprint density at radius 3 is 2.12 bits per heavy atom. The van der Waals surface area contributed by atoms with Crippen molar-refractivity contribution >= 4 is 12.2 Å². The van der Waals surface area contributed by atoms with Gasteiger partial charge in [-0.25, -0.2) is 0 Å². The zero-order valence-corrected chi connectivity index (χ0v) is 19.7. The second-order valence-corrected chi connectivity index (χ2v) is 11.3. The van der Waals surface area contributed by atoms with Crippen LogP contribution in [0, 0.1) is 19.8 Å². The van der Waals surface area contributed by atoms with Gasteiger partial charge in [0.1, 0.15) is 0 Å². The molecule has 0 aromatic heterocycles. The van der Waals surface area contributed by atoms with Crippen LogP contribution in [0.1, 0.15) is 54.5 Å². The van der Waals surface area contributed by atoms with Crippen LogP contribution in [0.3, 0.4) is 0 Å². The summed E-state index contributed by atoms with van der Waals surface area (Å²) in [7, 11) is 0. The molecule has 0 heterocycles. The van der Waals surface area contributed by atoms with Gasteiger partial charge in [-0.2, -0.15) is 0 Å². The summed E-state index contributed by atoms with van der Waals surface area (Å²) in [4.78, 5) is 0. The Kier molecular flexibility index (Phi) is 7.17. The Hall–Kier alpha value is -0.617. The van der Waals surface area contributed by atoms with Crippen molar-refractivity contribution in [3.8, 4) is 0 Å². The number of fused-ring (bicyclic) bond motifs is 2. The molecule has 0 nitrogen and oxygen atoms in total. The first kappa shape index (κ1) is 21.7. The van der Waals surface area contributed by atoms with Crippen molar-refractivity contribution in [2.24, 2.45) is 5.92 Å². The van der Waals surface area contributed by atoms with Gasteiger partial charge < -0.3 is 24.8 Å². The van der Waals surface area contributed by atoms with Gasteiger partial charge in [0.15, 0.2) is 0 Å². The van der Waals surface area contributed by atoms with Crippen LogP contribution in [0.5, 0.6) is 0 Å². The predicted molar refractivity (Wildman–Crippen MR) is 99.7 cm³/mol. The van der Waals surface area contributed by atoms with E-state index in [0.29, 0.717) is 9.54 Å². The molecule has 0 saturated heterocycles. The molecule has 0 radical (unpaired) electrons. The molecule has 0 bridgehead atoms. The zero-order chi connectivity index (χ0) is 16.8. The van der Waals surface area contributed by atoms with Crippen LogP contribution >= 0.6 is 0 Å². The summed E-state index contributed by atoms with van der Waals surface area (Å²) < 4.78 is 1.44. The first-order valence-electron chi connectivity index (χ1n) is 8.90. The van der Waals surface area contributed by atoms with E-state index in [-0.39, 0.29) is 24.8 Å². The zero-order valence-electron chi connectivity index (χ0n) is 15.7. The van der Waals surface area contributed by atoms with E-state index in [1.54, 1.807) is 16.7 Å². The maximum atomic E-state index is 2.49. The molecular weight excluding hydrogens is 438 g/mol. The van der Waals surface area contributed by atoms with Gasteiger partial charge in [-0.3, -0.25) is 0 Å². The number of benzene rings is 2. The molecule has 4 rings (SSSR count). The van der Waals surface area contributed by atoms with Gasteiger partial charge in [0, 0.05) is 0 Å². The van der Waals surface area contributed by atoms with E-state index in [2.05, 4.69) is 82.3 Å². The predicted octanol–water partition coefficient (Wildman–Crippen LogP) is 0.256. The average molecular weight is 463 g/mol. The molecule has 0 spiro atoms. The Bertz CT molecular complexity index is 865. The Labute approximate surface area is 181 Å². The fourth-order valence-corrected chi connectivity index (χ4v) is 8.95. The van der Waals surface area contributed by atoms with Gasteiger partial charge in [-0.1, -0.05) is 0 Å². The van der Waals surface area contributed by atoms with Crippen molar-refractivity contribution in [3.05, 3.63) is 81.4 Å². The van der Waals surface area contributed by atoms with Gasteiger partial charge in [0.2, 0.25) is 0 Å². The standard InChI is InChI=1S/C13H15.C10H9.2ClH.Zr/c1-9(2)12-7-11-5-4-10(3)6-13(11)8-12;1-8-5-6-9-3-2-4-10(9)7-8;;;/h4-9H,1-3H3;2-7H,1H3;2*1H;/q;;;;+2/p-2. The number of hydrogen-bond donors (Lipinski definition) is 0. The fraction of sp³-hybridized carbons (Fsp3) is 0.304. The maximum Gasteiger partial charge on any atom is -1.00 e. The van der Waals surface area contributed by atoms with Crippen molar-refractivity contribution in [1.82, 2.24) is 0 Å². The van der Waals surface area contributed by atoms with E-state index < -0.39 is 23.2 Å². The minimum Gasteiger partial charge on any atom is -1.00 e. The van der Waals surface area contributed by atoms with Crippen LogP contribution in [-0.4, -0.2) is 0 Å². The van der Waals surface area contributed by atoms with Crippen molar-refractivity contribution in [2.75, 3.05) is 0 Å². The van der Waals surface area contributed by atoms with Crippen LogP contribution in [-0.2, 0) is 23.2 Å². The van der Waals surface area contributed by atoms with Crippen molar-refractivity contribution in [2.45, 2.75) is 34.9 Å². The van der Waals surface area contributed by atoms with Gasteiger partial charge in [0.25, 0.3) is 0 Å². The molecule has 0 saturated carbocycles. The molecular formula is C23H24Cl2Zr. The monoisotopic (exact) mass is 460 g/mol. The van der Waals surface area contributed by atoms with E-state index in [0.717, 1.165) is 3.63 Å². The number of rotatable bonds is 3. The quantitative estimate of drug-likeness (QED) is 0.614. The van der Waals surface area contributed by atoms with Gasteiger partial charge >= 0.3 is 158 Å². The summed E-state index contributed by atoms with van der Waals surface area (Å²) >= 11 is -0.671. The molecule has 3 heteroatoms. The maximum absolute atomic E-state index is 2.49. The Morgan fingerprint density at radius 1 is 0.846 bits per heavy atom. The normalized spacial score (nSPS) is 19.2. The minimum absolute atomic E-state index is 0. The summed E-state index contributed by atoms with van der Waals surface area (Å²) in [5.41, 5.74) is 10.6. The number of allylic oxidation sites excluding steroid dienone is 2. The molecule has 134 valence electrons. The second kappa shape index (κ2) is 8.60. The Balaban J connectivity index is 0.00000121. The van der Waals surface area contributed by atoms with E-state index in [1.165, 1.54) is 22.3 Å². The smallest absolute Gasteiger partial charge is 1.00 e. The SMILES string of the molecule is Cc1ccc2c(c1)[CH]([Zr+2][CH]1C(C(C)C)=Cc3ccc(C)cc31)C=C2.[Cl-].[Cl-]. The molecule has 2 aliphatic rings. The number of hydrogen-bond acceptors (Lipinski definition) is 0. The van der Waals surface area contributed by atoms with Crippen LogP contribution in [0.25, 0.3) is 12.2 Å². The van der Waals surface area contributed by atoms with Crippen LogP contribution in [0.4, 0.5) is 0 Å². The molecule has 2 atom stereocenters. The van der Waals surface area contributed by atoms with E-state index in [4.69, 9.17) is 0 Å². The van der Waals surface area contributed by atoms with Crippen molar-refractivity contribution in [3.63, 3.8) is 0 Å². The fourth-order valence-electron chi connectivity index (χ4n) is 3.95. The number of halogens is 2. The third-order valence-corrected chi connectivity index (χ3v) is 9.79. The molecule has 26 heavy (non-hydrogen) atoms. The summed E-state index contributed by atoms with van der Waals surface area (Å²) in [6.45, 7) is 9.16. The molecule has 2 aliphatic carbocycles. The minimum atomic E-state index is -0.671. The summed E-state index contributed by atoms with van der Waals surface area (Å²) in [6.07, 6.45) is 7.33. The van der Waals surface area contributed by atoms with E-state index in [9.17, 15) is 0 Å². The molecule has 0 fully saturated rings. The molecule has 0 aliphatic heterocycles. The molecule has 0 amide bonds. The van der Waals surface area contributed by atoms with Crippen molar-refractivity contribution in [1.29, 1.82) is 0 Å². The topological polar surface area (TPSA) is 0 Å². The summed E-state index contributed by atoms with van der Waals surface area (Å²) in [5.74, 6) is 0.644. The molecule has 2 unspecified atom stereocenters. The second-order valence-electron chi connectivity index (χ2n) is 7.50. The van der Waals surface area contributed by atoms with Gasteiger partial charge in [-0.15, -0.1) is 0 Å². The Morgan fingerprint density at radius 2 is 1.46 bits per heavy atom. The van der Waals surface area contributed by atoms with Gasteiger partial charge in [-0.05, 0) is 0 Å². The molecule has 0 N–H and O–H groups in total. The molecule has 2 aromatic rings. The third-order valence-electron chi connectivity index (χ3n) is 5.27. The summed E-state index contributed by atoms with van der Waals surface area (Å²) in [5, 5.41) is 0. The largest absolute Gasteiger partial charge is 1.00 e. The van der Waals surface area contributed by atoms with Crippen LogP contribution < -0.4 is 24.8 Å². The van der Waals surface area contributed by atoms with Crippen molar-refractivity contribution < 1.29 is 48.0 Å². The van der Waals surface area contributed by atoms with Crippen LogP contribution in [0.15, 0.2) is 48.0 Å². The first-order valence-corrected chi connectivity index (χ1v) is 11.7. The van der Waals surface area contributed by atoms with Crippen LogP contribution in [0.2, 0.25) is 0 Å². The van der Waals surface area contributed by atoms with Gasteiger partial charge in [0.05, 0.1) is 0 Å².